The van der Waals surface area contributed by atoms with Crippen LogP contribution in [0, 0.1) is 0 Å². The van der Waals surface area contributed by atoms with Gasteiger partial charge in [0, 0.05) is 5.56 Å². The summed E-state index contributed by atoms with van der Waals surface area (Å²) >= 11 is 1.44. The van der Waals surface area contributed by atoms with Gasteiger partial charge in [-0.05, 0) is 29.6 Å². The molecule has 1 unspecified atom stereocenters. The molecule has 102 valence electrons. The minimum absolute atomic E-state index is 0.615. The zero-order valence-electron chi connectivity index (χ0n) is 11.0. The highest BCUT2D eigenvalue weighted by Crippen LogP contribution is 2.39. The highest BCUT2D eigenvalue weighted by Gasteiger charge is 2.21. The molecule has 1 N–H and O–H groups in total. The molecule has 0 saturated carbocycles. The lowest BCUT2D eigenvalue weighted by atomic mass is 10.1. The normalized spacial score (nSPS) is 12.0. The molecule has 0 fully saturated rings. The van der Waals surface area contributed by atoms with Crippen LogP contribution in [-0.2, 0) is 0 Å². The van der Waals surface area contributed by atoms with Gasteiger partial charge in [0.25, 0.3) is 0 Å². The topological polar surface area (TPSA) is 47.9 Å². The second kappa shape index (κ2) is 5.95. The van der Waals surface area contributed by atoms with Crippen LogP contribution in [0.25, 0.3) is 0 Å². The number of rotatable bonds is 5. The highest BCUT2D eigenvalue weighted by molar-refractivity contribution is 7.10. The number of aliphatic hydroxyl groups excluding tert-OH is 1. The minimum Gasteiger partial charge on any atom is -0.497 e. The summed E-state index contributed by atoms with van der Waals surface area (Å²) in [5.41, 5.74) is 0.655. The molecule has 2 aromatic rings. The van der Waals surface area contributed by atoms with Crippen LogP contribution < -0.4 is 14.2 Å². The van der Waals surface area contributed by atoms with Gasteiger partial charge in [-0.15, -0.1) is 11.3 Å². The van der Waals surface area contributed by atoms with Crippen molar-refractivity contribution in [3.8, 4) is 17.2 Å². The Balaban J connectivity index is 2.45. The third kappa shape index (κ3) is 2.67. The smallest absolute Gasteiger partial charge is 0.135 e. The zero-order chi connectivity index (χ0) is 13.8. The molecule has 1 atom stereocenters. The van der Waals surface area contributed by atoms with E-state index in [2.05, 4.69) is 0 Å². The lowest BCUT2D eigenvalue weighted by molar-refractivity contribution is 0.213. The number of thiophene rings is 1. The van der Waals surface area contributed by atoms with Crippen LogP contribution in [0.3, 0.4) is 0 Å². The third-order valence-electron chi connectivity index (χ3n) is 2.86. The van der Waals surface area contributed by atoms with E-state index in [9.17, 15) is 5.11 Å². The van der Waals surface area contributed by atoms with Crippen LogP contribution in [0.5, 0.6) is 17.2 Å². The number of ether oxygens (including phenoxy) is 3. The van der Waals surface area contributed by atoms with Crippen molar-refractivity contribution in [3.05, 3.63) is 40.1 Å². The largest absolute Gasteiger partial charge is 0.497 e. The molecule has 2 rings (SSSR count). The maximum absolute atomic E-state index is 10.5. The first kappa shape index (κ1) is 13.7. The molecule has 1 heterocycles. The molecule has 0 aliphatic rings. The quantitative estimate of drug-likeness (QED) is 0.915. The van der Waals surface area contributed by atoms with Crippen molar-refractivity contribution in [3.63, 3.8) is 0 Å². The van der Waals surface area contributed by atoms with Crippen molar-refractivity contribution >= 4 is 11.3 Å². The Morgan fingerprint density at radius 1 is 1.00 bits per heavy atom. The molecular weight excluding hydrogens is 264 g/mol. The predicted molar refractivity (Wildman–Crippen MR) is 74.5 cm³/mol. The van der Waals surface area contributed by atoms with Crippen LogP contribution in [0.1, 0.15) is 16.5 Å². The van der Waals surface area contributed by atoms with Crippen molar-refractivity contribution in [1.82, 2.24) is 0 Å². The van der Waals surface area contributed by atoms with Crippen LogP contribution in [0.2, 0.25) is 0 Å². The SMILES string of the molecule is COc1ccc(OC)c(C(O)c2sccc2OC)c1. The maximum Gasteiger partial charge on any atom is 0.135 e. The summed E-state index contributed by atoms with van der Waals surface area (Å²) in [6, 6.07) is 7.16. The summed E-state index contributed by atoms with van der Waals surface area (Å²) < 4.78 is 15.7. The summed E-state index contributed by atoms with van der Waals surface area (Å²) in [6.45, 7) is 0. The first-order chi connectivity index (χ1) is 9.21. The van der Waals surface area contributed by atoms with E-state index < -0.39 is 6.10 Å². The van der Waals surface area contributed by atoms with E-state index in [1.165, 1.54) is 11.3 Å². The second-order valence-electron chi connectivity index (χ2n) is 3.86. The Labute approximate surface area is 116 Å². The van der Waals surface area contributed by atoms with Crippen molar-refractivity contribution in [2.75, 3.05) is 21.3 Å². The van der Waals surface area contributed by atoms with Gasteiger partial charge in [-0.25, -0.2) is 0 Å². The van der Waals surface area contributed by atoms with Gasteiger partial charge < -0.3 is 19.3 Å². The van der Waals surface area contributed by atoms with Gasteiger partial charge in [0.2, 0.25) is 0 Å². The average molecular weight is 280 g/mol. The Morgan fingerprint density at radius 2 is 1.74 bits per heavy atom. The van der Waals surface area contributed by atoms with Gasteiger partial charge in [0.1, 0.15) is 23.4 Å². The molecule has 0 aliphatic carbocycles. The van der Waals surface area contributed by atoms with Crippen LogP contribution in [0.4, 0.5) is 0 Å². The number of methoxy groups -OCH3 is 3. The summed E-state index contributed by atoms with van der Waals surface area (Å²) in [7, 11) is 4.74. The van der Waals surface area contributed by atoms with Crippen molar-refractivity contribution in [2.24, 2.45) is 0 Å². The molecule has 0 saturated heterocycles. The molecule has 0 radical (unpaired) electrons. The molecule has 0 aliphatic heterocycles. The molecule has 19 heavy (non-hydrogen) atoms. The second-order valence-corrected chi connectivity index (χ2v) is 4.81. The molecule has 0 amide bonds. The summed E-state index contributed by atoms with van der Waals surface area (Å²) in [5.74, 6) is 1.96. The van der Waals surface area contributed by atoms with Crippen LogP contribution >= 0.6 is 11.3 Å². The molecule has 0 bridgehead atoms. The standard InChI is InChI=1S/C14H16O4S/c1-16-9-4-5-11(17-2)10(8-9)13(15)14-12(18-3)6-7-19-14/h4-8,13,15H,1-3H3. The van der Waals surface area contributed by atoms with Crippen molar-refractivity contribution < 1.29 is 19.3 Å². The monoisotopic (exact) mass is 280 g/mol. The van der Waals surface area contributed by atoms with E-state index >= 15 is 0 Å². The lowest BCUT2D eigenvalue weighted by Crippen LogP contribution is -2.02. The number of benzene rings is 1. The molecule has 4 nitrogen and oxygen atoms in total. The van der Waals surface area contributed by atoms with Gasteiger partial charge in [0.05, 0.1) is 26.2 Å². The van der Waals surface area contributed by atoms with E-state index in [1.54, 1.807) is 39.5 Å². The maximum atomic E-state index is 10.5. The van der Waals surface area contributed by atoms with Crippen molar-refractivity contribution in [1.29, 1.82) is 0 Å². The first-order valence-electron chi connectivity index (χ1n) is 5.72. The van der Waals surface area contributed by atoms with Gasteiger partial charge in [-0.3, -0.25) is 0 Å². The zero-order valence-corrected chi connectivity index (χ0v) is 11.9. The fraction of sp³-hybridized carbons (Fsp3) is 0.286. The fourth-order valence-electron chi connectivity index (χ4n) is 1.87. The molecule has 1 aromatic carbocycles. The van der Waals surface area contributed by atoms with E-state index in [0.717, 1.165) is 4.88 Å². The molecule has 5 heteroatoms. The lowest BCUT2D eigenvalue weighted by Gasteiger charge is -2.16. The predicted octanol–water partition coefficient (Wildman–Crippen LogP) is 2.86. The Hall–Kier alpha value is -1.72. The van der Waals surface area contributed by atoms with Gasteiger partial charge >= 0.3 is 0 Å². The number of hydrogen-bond acceptors (Lipinski definition) is 5. The van der Waals surface area contributed by atoms with E-state index in [0.29, 0.717) is 22.8 Å². The Morgan fingerprint density at radius 3 is 2.37 bits per heavy atom. The first-order valence-corrected chi connectivity index (χ1v) is 6.60. The minimum atomic E-state index is -0.806. The van der Waals surface area contributed by atoms with Gasteiger partial charge in [0.15, 0.2) is 0 Å². The van der Waals surface area contributed by atoms with E-state index in [1.807, 2.05) is 11.4 Å². The van der Waals surface area contributed by atoms with Gasteiger partial charge in [-0.2, -0.15) is 0 Å². The number of hydrogen-bond donors (Lipinski definition) is 1. The molecule has 0 spiro atoms. The van der Waals surface area contributed by atoms with Crippen LogP contribution in [-0.4, -0.2) is 26.4 Å². The third-order valence-corrected chi connectivity index (χ3v) is 3.81. The van der Waals surface area contributed by atoms with Gasteiger partial charge in [-0.1, -0.05) is 0 Å². The molecule has 1 aromatic heterocycles. The summed E-state index contributed by atoms with van der Waals surface area (Å²) in [5, 5.41) is 12.4. The molecular formula is C14H16O4S. The van der Waals surface area contributed by atoms with E-state index in [4.69, 9.17) is 14.2 Å². The Bertz CT molecular complexity index is 550. The highest BCUT2D eigenvalue weighted by atomic mass is 32.1. The summed E-state index contributed by atoms with van der Waals surface area (Å²) in [4.78, 5) is 0.744. The van der Waals surface area contributed by atoms with Crippen molar-refractivity contribution in [2.45, 2.75) is 6.10 Å². The fourth-order valence-corrected chi connectivity index (χ4v) is 2.73. The summed E-state index contributed by atoms with van der Waals surface area (Å²) in [6.07, 6.45) is -0.806. The average Bonchev–Trinajstić information content (AvgIpc) is 2.94. The number of aliphatic hydroxyl groups is 1. The Kier molecular flexibility index (Phi) is 4.29. The van der Waals surface area contributed by atoms with E-state index in [-0.39, 0.29) is 0 Å². The van der Waals surface area contributed by atoms with Crippen LogP contribution in [0.15, 0.2) is 29.6 Å².